The molecule has 0 aromatic carbocycles. The zero-order valence-electron chi connectivity index (χ0n) is 13.2. The number of nitrogens with zero attached hydrogens (tertiary/aromatic N) is 2. The Kier molecular flexibility index (Phi) is 5.19. The molecule has 120 valence electrons. The molecule has 1 aliphatic rings. The minimum absolute atomic E-state index is 0.0362. The lowest BCUT2D eigenvalue weighted by atomic mass is 9.95. The van der Waals surface area contributed by atoms with Gasteiger partial charge in [-0.15, -0.1) is 0 Å². The highest BCUT2D eigenvalue weighted by atomic mass is 16.1. The van der Waals surface area contributed by atoms with Gasteiger partial charge in [-0.1, -0.05) is 25.3 Å². The van der Waals surface area contributed by atoms with Gasteiger partial charge in [-0.2, -0.15) is 0 Å². The van der Waals surface area contributed by atoms with Crippen molar-refractivity contribution in [1.29, 1.82) is 0 Å². The van der Waals surface area contributed by atoms with Gasteiger partial charge in [0.05, 0.1) is 23.5 Å². The maximum Gasteiger partial charge on any atom is 0.253 e. The molecule has 0 unspecified atom stereocenters. The van der Waals surface area contributed by atoms with Crippen LogP contribution in [0.5, 0.6) is 0 Å². The van der Waals surface area contributed by atoms with Gasteiger partial charge in [-0.05, 0) is 31.0 Å². The normalized spacial score (nSPS) is 15.1. The zero-order valence-corrected chi connectivity index (χ0v) is 13.2. The fourth-order valence-electron chi connectivity index (χ4n) is 2.87. The monoisotopic (exact) mass is 310 g/mol. The number of hydrogen-bond acceptors (Lipinski definition) is 4. The second kappa shape index (κ2) is 7.72. The summed E-state index contributed by atoms with van der Waals surface area (Å²) in [6, 6.07) is 7.95. The average Bonchev–Trinajstić information content (AvgIpc) is 2.62. The van der Waals surface area contributed by atoms with Gasteiger partial charge in [0.15, 0.2) is 0 Å². The summed E-state index contributed by atoms with van der Waals surface area (Å²) in [5, 5.41) is 6.37. The van der Waals surface area contributed by atoms with Crippen molar-refractivity contribution in [2.24, 2.45) is 0 Å². The number of rotatable bonds is 5. The van der Waals surface area contributed by atoms with Crippen LogP contribution in [0.3, 0.4) is 0 Å². The van der Waals surface area contributed by atoms with E-state index in [9.17, 15) is 4.79 Å². The molecule has 2 heterocycles. The molecule has 1 amide bonds. The summed E-state index contributed by atoms with van der Waals surface area (Å²) in [6.45, 7) is 0.607. The highest BCUT2D eigenvalue weighted by Gasteiger charge is 2.16. The summed E-state index contributed by atoms with van der Waals surface area (Å²) in [6.07, 6.45) is 11.0. The fraction of sp³-hybridized carbons (Fsp3) is 0.389. The lowest BCUT2D eigenvalue weighted by molar-refractivity contribution is 0.0927. The summed E-state index contributed by atoms with van der Waals surface area (Å²) in [7, 11) is 0. The average molecular weight is 310 g/mol. The number of pyridine rings is 2. The van der Waals surface area contributed by atoms with Gasteiger partial charge >= 0.3 is 0 Å². The van der Waals surface area contributed by atoms with Crippen molar-refractivity contribution >= 4 is 11.6 Å². The van der Waals surface area contributed by atoms with Crippen molar-refractivity contribution < 1.29 is 4.79 Å². The smallest absolute Gasteiger partial charge is 0.253 e. The van der Waals surface area contributed by atoms with Crippen LogP contribution in [0.1, 0.15) is 48.2 Å². The molecule has 0 saturated heterocycles. The molecule has 0 atom stereocenters. The number of amides is 1. The summed E-state index contributed by atoms with van der Waals surface area (Å²) in [5.41, 5.74) is 2.37. The van der Waals surface area contributed by atoms with Crippen molar-refractivity contribution in [3.05, 3.63) is 54.1 Å². The first kappa shape index (κ1) is 15.5. The highest BCUT2D eigenvalue weighted by Crippen LogP contribution is 2.18. The van der Waals surface area contributed by atoms with Crippen molar-refractivity contribution in [2.45, 2.75) is 44.7 Å². The second-order valence-electron chi connectivity index (χ2n) is 5.95. The maximum absolute atomic E-state index is 12.3. The summed E-state index contributed by atoms with van der Waals surface area (Å²) in [4.78, 5) is 20.8. The van der Waals surface area contributed by atoms with Crippen LogP contribution in [0.25, 0.3) is 0 Å². The Morgan fingerprint density at radius 3 is 2.83 bits per heavy atom. The molecule has 1 saturated carbocycles. The minimum Gasteiger partial charge on any atom is -0.378 e. The third-order valence-corrected chi connectivity index (χ3v) is 4.14. The van der Waals surface area contributed by atoms with E-state index in [4.69, 9.17) is 0 Å². The molecule has 1 fully saturated rings. The van der Waals surface area contributed by atoms with E-state index in [-0.39, 0.29) is 5.91 Å². The molecule has 5 heteroatoms. The van der Waals surface area contributed by atoms with Crippen LogP contribution in [0.2, 0.25) is 0 Å². The molecule has 5 nitrogen and oxygen atoms in total. The van der Waals surface area contributed by atoms with Crippen molar-refractivity contribution in [3.63, 3.8) is 0 Å². The number of carbonyl (C=O) groups is 1. The molecular weight excluding hydrogens is 288 g/mol. The van der Waals surface area contributed by atoms with Crippen LogP contribution in [0.15, 0.2) is 42.9 Å². The summed E-state index contributed by atoms with van der Waals surface area (Å²) in [5.74, 6) is -0.0362. The van der Waals surface area contributed by atoms with E-state index in [1.807, 2.05) is 24.3 Å². The van der Waals surface area contributed by atoms with Crippen molar-refractivity contribution in [3.8, 4) is 0 Å². The number of nitrogens with one attached hydrogen (secondary N) is 2. The van der Waals surface area contributed by atoms with E-state index in [0.29, 0.717) is 18.2 Å². The van der Waals surface area contributed by atoms with Gasteiger partial charge in [0.1, 0.15) is 0 Å². The predicted octanol–water partition coefficient (Wildman–Crippen LogP) is 3.15. The molecule has 3 rings (SSSR count). The predicted molar refractivity (Wildman–Crippen MR) is 90.1 cm³/mol. The van der Waals surface area contributed by atoms with E-state index < -0.39 is 0 Å². The Morgan fingerprint density at radius 1 is 1.17 bits per heavy atom. The van der Waals surface area contributed by atoms with Crippen LogP contribution < -0.4 is 10.6 Å². The van der Waals surface area contributed by atoms with E-state index in [0.717, 1.165) is 24.2 Å². The molecule has 0 bridgehead atoms. The largest absolute Gasteiger partial charge is 0.378 e. The highest BCUT2D eigenvalue weighted by molar-refractivity contribution is 5.94. The molecule has 0 aliphatic heterocycles. The molecule has 0 radical (unpaired) electrons. The van der Waals surface area contributed by atoms with Gasteiger partial charge in [0.2, 0.25) is 0 Å². The van der Waals surface area contributed by atoms with Crippen LogP contribution in [0.4, 0.5) is 5.69 Å². The topological polar surface area (TPSA) is 66.9 Å². The Balaban J connectivity index is 1.59. The Morgan fingerprint density at radius 2 is 2.04 bits per heavy atom. The van der Waals surface area contributed by atoms with Crippen LogP contribution >= 0.6 is 0 Å². The quantitative estimate of drug-likeness (QED) is 0.890. The first-order chi connectivity index (χ1) is 11.3. The van der Waals surface area contributed by atoms with Crippen molar-refractivity contribution in [1.82, 2.24) is 15.3 Å². The van der Waals surface area contributed by atoms with E-state index in [1.165, 1.54) is 19.3 Å². The molecule has 2 aromatic rings. The Hall–Kier alpha value is -2.43. The lowest BCUT2D eigenvalue weighted by Gasteiger charge is -2.22. The Bertz CT molecular complexity index is 638. The SMILES string of the molecule is O=C(NC1CCCCC1)c1cncc(NCc2ccccn2)c1. The standard InChI is InChI=1S/C18H22N4O/c23-18(22-15-6-2-1-3-7-15)14-10-17(12-19-11-14)21-13-16-8-4-5-9-20-16/h4-5,8-12,15,21H,1-3,6-7,13H2,(H,22,23). The summed E-state index contributed by atoms with van der Waals surface area (Å²) >= 11 is 0. The minimum atomic E-state index is -0.0362. The van der Waals surface area contributed by atoms with Gasteiger partial charge in [-0.25, -0.2) is 0 Å². The van der Waals surface area contributed by atoms with Gasteiger partial charge < -0.3 is 10.6 Å². The first-order valence-electron chi connectivity index (χ1n) is 8.21. The van der Waals surface area contributed by atoms with E-state index >= 15 is 0 Å². The first-order valence-corrected chi connectivity index (χ1v) is 8.21. The molecule has 2 N–H and O–H groups in total. The second-order valence-corrected chi connectivity index (χ2v) is 5.95. The number of hydrogen-bond donors (Lipinski definition) is 2. The van der Waals surface area contributed by atoms with Crippen LogP contribution in [-0.4, -0.2) is 21.9 Å². The Labute approximate surface area is 136 Å². The van der Waals surface area contributed by atoms with Crippen molar-refractivity contribution in [2.75, 3.05) is 5.32 Å². The molecule has 23 heavy (non-hydrogen) atoms. The number of anilines is 1. The van der Waals surface area contributed by atoms with Crippen LogP contribution in [-0.2, 0) is 6.54 Å². The molecule has 0 spiro atoms. The van der Waals surface area contributed by atoms with Gasteiger partial charge in [-0.3, -0.25) is 14.8 Å². The third kappa shape index (κ3) is 4.52. The van der Waals surface area contributed by atoms with Gasteiger partial charge in [0.25, 0.3) is 5.91 Å². The maximum atomic E-state index is 12.3. The van der Waals surface area contributed by atoms with Gasteiger partial charge in [0, 0.05) is 24.6 Å². The number of aromatic nitrogens is 2. The zero-order chi connectivity index (χ0) is 15.9. The van der Waals surface area contributed by atoms with Crippen LogP contribution in [0, 0.1) is 0 Å². The molecule has 2 aromatic heterocycles. The fourth-order valence-corrected chi connectivity index (χ4v) is 2.87. The third-order valence-electron chi connectivity index (χ3n) is 4.14. The molecular formula is C18H22N4O. The molecule has 1 aliphatic carbocycles. The van der Waals surface area contributed by atoms with E-state index in [2.05, 4.69) is 20.6 Å². The summed E-state index contributed by atoms with van der Waals surface area (Å²) < 4.78 is 0. The van der Waals surface area contributed by atoms with E-state index in [1.54, 1.807) is 18.6 Å². The lowest BCUT2D eigenvalue weighted by Crippen LogP contribution is -2.36. The number of carbonyl (C=O) groups excluding carboxylic acids is 1.